The third kappa shape index (κ3) is 4.89. The van der Waals surface area contributed by atoms with Gasteiger partial charge in [-0.3, -0.25) is 14.6 Å². The Morgan fingerprint density at radius 1 is 1.13 bits per heavy atom. The maximum atomic E-state index is 16.4. The van der Waals surface area contributed by atoms with Crippen molar-refractivity contribution in [3.8, 4) is 17.2 Å². The Balaban J connectivity index is 1.25. The molecule has 5 heterocycles. The maximum absolute atomic E-state index is 16.4. The SMILES string of the molecule is CN1CCCC1CCNC(=O)c1cn2c3c(c(N4CCNC(c5cccnc5)C4)c(F)cc3c1=O)Oc1cc3ccccc3cc1-2. The Bertz CT molecular complexity index is 2050. The van der Waals surface area contributed by atoms with Gasteiger partial charge in [-0.25, -0.2) is 4.39 Å². The van der Waals surface area contributed by atoms with E-state index in [2.05, 4.69) is 27.6 Å². The number of nitrogens with one attached hydrogen (secondary N) is 2. The minimum absolute atomic E-state index is 0.0230. The number of halogens is 1. The highest BCUT2D eigenvalue weighted by atomic mass is 19.1. The van der Waals surface area contributed by atoms with Crippen molar-refractivity contribution in [3.63, 3.8) is 0 Å². The van der Waals surface area contributed by atoms with Crippen LogP contribution >= 0.6 is 0 Å². The Morgan fingerprint density at radius 3 is 2.76 bits per heavy atom. The number of rotatable bonds is 6. The molecule has 2 unspecified atom stereocenters. The van der Waals surface area contributed by atoms with Crippen LogP contribution in [0.4, 0.5) is 10.1 Å². The van der Waals surface area contributed by atoms with E-state index < -0.39 is 17.2 Å². The molecule has 8 rings (SSSR count). The van der Waals surface area contributed by atoms with E-state index in [1.807, 2.05) is 64.2 Å². The fourth-order valence-electron chi connectivity index (χ4n) is 7.30. The molecule has 234 valence electrons. The van der Waals surface area contributed by atoms with Gasteiger partial charge in [0.05, 0.1) is 17.1 Å². The number of pyridine rings is 2. The summed E-state index contributed by atoms with van der Waals surface area (Å²) in [5, 5.41) is 8.53. The molecule has 0 aliphatic carbocycles. The zero-order valence-corrected chi connectivity index (χ0v) is 25.6. The third-order valence-electron chi connectivity index (χ3n) is 9.73. The van der Waals surface area contributed by atoms with Crippen molar-refractivity contribution in [2.75, 3.05) is 44.7 Å². The number of benzene rings is 3. The fourth-order valence-corrected chi connectivity index (χ4v) is 7.30. The second kappa shape index (κ2) is 11.5. The van der Waals surface area contributed by atoms with Gasteiger partial charge in [-0.15, -0.1) is 0 Å². The van der Waals surface area contributed by atoms with Gasteiger partial charge in [0.2, 0.25) is 5.43 Å². The normalized spacial score (nSPS) is 19.3. The molecule has 2 fully saturated rings. The molecule has 1 amide bonds. The molecule has 0 spiro atoms. The van der Waals surface area contributed by atoms with E-state index >= 15 is 4.39 Å². The van der Waals surface area contributed by atoms with Crippen LogP contribution in [0, 0.1) is 5.82 Å². The van der Waals surface area contributed by atoms with E-state index in [1.165, 1.54) is 6.07 Å². The lowest BCUT2D eigenvalue weighted by atomic mass is 10.0. The van der Waals surface area contributed by atoms with Crippen LogP contribution in [0.15, 0.2) is 78.0 Å². The molecule has 0 bridgehead atoms. The smallest absolute Gasteiger partial charge is 0.256 e. The fraction of sp³-hybridized carbons (Fsp3) is 0.306. The lowest BCUT2D eigenvalue weighted by Crippen LogP contribution is -2.46. The molecule has 0 saturated carbocycles. The topological polar surface area (TPSA) is 91.7 Å². The quantitative estimate of drug-likeness (QED) is 0.267. The van der Waals surface area contributed by atoms with Crippen LogP contribution in [-0.4, -0.2) is 66.2 Å². The Labute approximate surface area is 265 Å². The summed E-state index contributed by atoms with van der Waals surface area (Å²) in [5.41, 5.74) is 1.90. The van der Waals surface area contributed by atoms with Gasteiger partial charge in [-0.2, -0.15) is 0 Å². The molecule has 5 aromatic rings. The summed E-state index contributed by atoms with van der Waals surface area (Å²) in [4.78, 5) is 36.0. The van der Waals surface area contributed by atoms with Gasteiger partial charge >= 0.3 is 0 Å². The van der Waals surface area contributed by atoms with Crippen LogP contribution in [0.5, 0.6) is 11.5 Å². The molecular formula is C36H35FN6O3. The first-order valence-electron chi connectivity index (χ1n) is 16.0. The zero-order chi connectivity index (χ0) is 31.4. The molecule has 3 aromatic carbocycles. The number of hydrogen-bond acceptors (Lipinski definition) is 7. The van der Waals surface area contributed by atoms with Crippen molar-refractivity contribution < 1.29 is 13.9 Å². The molecule has 3 aliphatic heterocycles. The van der Waals surface area contributed by atoms with E-state index in [9.17, 15) is 9.59 Å². The molecule has 2 aromatic heterocycles. The lowest BCUT2D eigenvalue weighted by molar-refractivity contribution is 0.0949. The standard InChI is InChI=1S/C36H35FN6O3/c1-41-14-5-9-25(41)10-12-40-36(45)27-20-43-30-16-22-6-2-3-7-23(22)17-31(30)46-35-32(43)26(34(27)44)18-28(37)33(35)42-15-13-39-29(21-42)24-8-4-11-38-19-24/h2-4,6-8,11,16-20,25,29,39H,5,9-10,12-15,21H2,1H3,(H,40,45). The number of carbonyl (C=O) groups is 1. The molecule has 46 heavy (non-hydrogen) atoms. The number of amides is 1. The third-order valence-corrected chi connectivity index (χ3v) is 9.73. The van der Waals surface area contributed by atoms with Crippen LogP contribution in [0.25, 0.3) is 27.4 Å². The summed E-state index contributed by atoms with van der Waals surface area (Å²) in [6, 6.07) is 17.4. The summed E-state index contributed by atoms with van der Waals surface area (Å²) >= 11 is 0. The molecule has 9 nitrogen and oxygen atoms in total. The van der Waals surface area contributed by atoms with Crippen molar-refractivity contribution in [3.05, 3.63) is 100 Å². The predicted molar refractivity (Wildman–Crippen MR) is 177 cm³/mol. The first-order valence-corrected chi connectivity index (χ1v) is 16.0. The number of anilines is 1. The first-order chi connectivity index (χ1) is 22.5. The van der Waals surface area contributed by atoms with E-state index in [4.69, 9.17) is 4.74 Å². The molecule has 3 aliphatic rings. The van der Waals surface area contributed by atoms with Gasteiger partial charge in [0.25, 0.3) is 5.91 Å². The largest absolute Gasteiger partial charge is 0.451 e. The van der Waals surface area contributed by atoms with Crippen LogP contribution in [0.2, 0.25) is 0 Å². The van der Waals surface area contributed by atoms with Crippen LogP contribution < -0.4 is 25.7 Å². The number of piperazine rings is 1. The monoisotopic (exact) mass is 618 g/mol. The summed E-state index contributed by atoms with van der Waals surface area (Å²) < 4.78 is 24.8. The minimum Gasteiger partial charge on any atom is -0.451 e. The number of nitrogens with zero attached hydrogens (tertiary/aromatic N) is 4. The molecule has 2 N–H and O–H groups in total. The minimum atomic E-state index is -0.566. The van der Waals surface area contributed by atoms with Crippen LogP contribution in [0.3, 0.4) is 0 Å². The first kappa shape index (κ1) is 28.7. The van der Waals surface area contributed by atoms with Crippen LogP contribution in [-0.2, 0) is 0 Å². The highest BCUT2D eigenvalue weighted by Gasteiger charge is 2.33. The van der Waals surface area contributed by atoms with E-state index in [1.54, 1.807) is 12.4 Å². The molecular weight excluding hydrogens is 583 g/mol. The van der Waals surface area contributed by atoms with Gasteiger partial charge in [-0.1, -0.05) is 30.3 Å². The molecule has 10 heteroatoms. The van der Waals surface area contributed by atoms with Gasteiger partial charge in [0.15, 0.2) is 17.3 Å². The Morgan fingerprint density at radius 2 is 1.98 bits per heavy atom. The average molecular weight is 619 g/mol. The summed E-state index contributed by atoms with van der Waals surface area (Å²) in [5.74, 6) is -0.225. The second-order valence-corrected chi connectivity index (χ2v) is 12.5. The summed E-state index contributed by atoms with van der Waals surface area (Å²) in [6.45, 7) is 3.16. The number of fused-ring (bicyclic) bond motifs is 3. The summed E-state index contributed by atoms with van der Waals surface area (Å²) in [7, 11) is 2.10. The molecule has 0 radical (unpaired) electrons. The van der Waals surface area contributed by atoms with Crippen molar-refractivity contribution in [2.45, 2.75) is 31.3 Å². The second-order valence-electron chi connectivity index (χ2n) is 12.5. The van der Waals surface area contributed by atoms with Crippen molar-refractivity contribution in [1.82, 2.24) is 25.1 Å². The number of hydrogen-bond donors (Lipinski definition) is 2. The zero-order valence-electron chi connectivity index (χ0n) is 25.6. The van der Waals surface area contributed by atoms with E-state index in [0.29, 0.717) is 54.9 Å². The average Bonchev–Trinajstić information content (AvgIpc) is 3.49. The van der Waals surface area contributed by atoms with E-state index in [-0.39, 0.29) is 22.7 Å². The van der Waals surface area contributed by atoms with Gasteiger partial charge in [-0.05, 0) is 73.5 Å². The van der Waals surface area contributed by atoms with Gasteiger partial charge < -0.3 is 29.7 Å². The van der Waals surface area contributed by atoms with Crippen molar-refractivity contribution in [2.24, 2.45) is 0 Å². The number of aromatic nitrogens is 2. The summed E-state index contributed by atoms with van der Waals surface area (Å²) in [6.07, 6.45) is 8.19. The van der Waals surface area contributed by atoms with Crippen LogP contribution in [0.1, 0.15) is 41.2 Å². The number of likely N-dealkylation sites (tertiary alicyclic amines) is 1. The van der Waals surface area contributed by atoms with E-state index in [0.717, 1.165) is 42.1 Å². The highest BCUT2D eigenvalue weighted by Crippen LogP contribution is 2.48. The van der Waals surface area contributed by atoms with Gasteiger partial charge in [0, 0.05) is 50.8 Å². The number of carbonyl (C=O) groups excluding carboxylic acids is 1. The predicted octanol–water partition coefficient (Wildman–Crippen LogP) is 5.15. The van der Waals surface area contributed by atoms with Crippen molar-refractivity contribution >= 4 is 33.3 Å². The Kier molecular flexibility index (Phi) is 7.18. The van der Waals surface area contributed by atoms with Crippen molar-refractivity contribution in [1.29, 1.82) is 0 Å². The molecule has 2 saturated heterocycles. The van der Waals surface area contributed by atoms with Gasteiger partial charge in [0.1, 0.15) is 16.8 Å². The number of ether oxygens (including phenoxy) is 1. The molecule has 2 atom stereocenters. The highest BCUT2D eigenvalue weighted by molar-refractivity contribution is 6.02. The maximum Gasteiger partial charge on any atom is 0.256 e. The Hall–Kier alpha value is -4.80. The lowest BCUT2D eigenvalue weighted by Gasteiger charge is -2.37.